The normalized spacial score (nSPS) is 10.3. The molecule has 0 aliphatic carbocycles. The fourth-order valence-corrected chi connectivity index (χ4v) is 2.82. The number of terminal acetylenes is 1. The highest BCUT2D eigenvalue weighted by Gasteiger charge is 2.13. The molecule has 0 bridgehead atoms. The molecule has 3 rings (SSSR count). The minimum absolute atomic E-state index is 0.0925. The van der Waals surface area contributed by atoms with E-state index in [4.69, 9.17) is 11.2 Å². The minimum atomic E-state index is -0.360. The first-order chi connectivity index (χ1) is 12.9. The van der Waals surface area contributed by atoms with E-state index in [2.05, 4.69) is 21.3 Å². The van der Waals surface area contributed by atoms with Crippen molar-refractivity contribution in [1.29, 1.82) is 0 Å². The number of nitrogens with zero attached hydrogens (tertiary/aromatic N) is 3. The summed E-state index contributed by atoms with van der Waals surface area (Å²) in [4.78, 5) is 16.6. The molecule has 2 aromatic carbocycles. The summed E-state index contributed by atoms with van der Waals surface area (Å²) in [5.74, 6) is 3.36. The van der Waals surface area contributed by atoms with E-state index < -0.39 is 0 Å². The Morgan fingerprint density at radius 3 is 2.33 bits per heavy atom. The number of anilines is 2. The van der Waals surface area contributed by atoms with Gasteiger partial charge in [-0.25, -0.2) is 4.68 Å². The van der Waals surface area contributed by atoms with Crippen LogP contribution < -0.4 is 15.6 Å². The molecule has 0 aliphatic rings. The molecule has 0 saturated carbocycles. The first kappa shape index (κ1) is 18.2. The van der Waals surface area contributed by atoms with Crippen molar-refractivity contribution in [2.75, 3.05) is 5.32 Å². The van der Waals surface area contributed by atoms with Gasteiger partial charge in [-0.15, -0.1) is 11.5 Å². The average molecular weight is 360 g/mol. The topological polar surface area (TPSA) is 69.0 Å². The number of hydrogen-bond donors (Lipinski definition) is 1. The van der Waals surface area contributed by atoms with Gasteiger partial charge in [-0.05, 0) is 56.2 Å². The minimum Gasteiger partial charge on any atom is -0.423 e. The van der Waals surface area contributed by atoms with Gasteiger partial charge in [-0.1, -0.05) is 23.6 Å². The summed E-state index contributed by atoms with van der Waals surface area (Å²) < 4.78 is 7.09. The van der Waals surface area contributed by atoms with Gasteiger partial charge in [-0.2, -0.15) is 4.98 Å². The number of ether oxygens (including phenoxy) is 1. The van der Waals surface area contributed by atoms with E-state index in [1.165, 1.54) is 4.68 Å². The number of nitrogens with one attached hydrogen (secondary N) is 1. The monoisotopic (exact) mass is 360 g/mol. The van der Waals surface area contributed by atoms with Crippen LogP contribution in [0.2, 0.25) is 0 Å². The molecule has 0 atom stereocenters. The number of benzene rings is 2. The quantitative estimate of drug-likeness (QED) is 0.720. The summed E-state index contributed by atoms with van der Waals surface area (Å²) in [7, 11) is 1.55. The van der Waals surface area contributed by atoms with Gasteiger partial charge in [0.05, 0.1) is 0 Å². The molecule has 0 radical (unpaired) electrons. The lowest BCUT2D eigenvalue weighted by Crippen LogP contribution is -2.24. The third-order valence-electron chi connectivity index (χ3n) is 4.05. The predicted octanol–water partition coefficient (Wildman–Crippen LogP) is 3.62. The summed E-state index contributed by atoms with van der Waals surface area (Å²) >= 11 is 0. The summed E-state index contributed by atoms with van der Waals surface area (Å²) in [6.45, 7) is 5.95. The molecule has 6 heteroatoms. The van der Waals surface area contributed by atoms with Gasteiger partial charge in [0.1, 0.15) is 5.75 Å². The zero-order valence-corrected chi connectivity index (χ0v) is 15.7. The average Bonchev–Trinajstić information content (AvgIpc) is 2.63. The predicted molar refractivity (Wildman–Crippen MR) is 106 cm³/mol. The number of hydrogen-bond acceptors (Lipinski definition) is 5. The summed E-state index contributed by atoms with van der Waals surface area (Å²) in [6, 6.07) is 11.3. The second kappa shape index (κ2) is 7.34. The van der Waals surface area contributed by atoms with Crippen LogP contribution >= 0.6 is 0 Å². The highest BCUT2D eigenvalue weighted by molar-refractivity contribution is 5.57. The molecule has 0 spiro atoms. The standard InChI is InChI=1S/C21H20N4O2/c1-6-16-7-9-17(10-8-16)22-19-20(26)25(5)24-21(23-19)27-18-14(3)11-13(2)12-15(18)4/h1,7-12H,2-5H3,(H,22,23,24). The second-order valence-electron chi connectivity index (χ2n) is 6.35. The third kappa shape index (κ3) is 3.98. The van der Waals surface area contributed by atoms with Crippen LogP contribution in [-0.2, 0) is 7.05 Å². The van der Waals surface area contributed by atoms with Gasteiger partial charge in [0.2, 0.25) is 5.82 Å². The number of rotatable bonds is 4. The van der Waals surface area contributed by atoms with Gasteiger partial charge < -0.3 is 10.1 Å². The molecule has 1 heterocycles. The number of aryl methyl sites for hydroxylation is 4. The van der Waals surface area contributed by atoms with Crippen molar-refractivity contribution >= 4 is 11.5 Å². The van der Waals surface area contributed by atoms with Gasteiger partial charge in [-0.3, -0.25) is 4.79 Å². The van der Waals surface area contributed by atoms with Crippen molar-refractivity contribution in [2.45, 2.75) is 20.8 Å². The highest BCUT2D eigenvalue weighted by atomic mass is 16.5. The lowest BCUT2D eigenvalue weighted by molar-refractivity contribution is 0.413. The van der Waals surface area contributed by atoms with Crippen LogP contribution in [0.15, 0.2) is 41.2 Å². The Balaban J connectivity index is 1.94. The lowest BCUT2D eigenvalue weighted by Gasteiger charge is -2.13. The van der Waals surface area contributed by atoms with E-state index in [1.54, 1.807) is 31.3 Å². The van der Waals surface area contributed by atoms with E-state index >= 15 is 0 Å². The molecule has 0 amide bonds. The van der Waals surface area contributed by atoms with Crippen LogP contribution in [0, 0.1) is 33.1 Å². The van der Waals surface area contributed by atoms with E-state index in [9.17, 15) is 4.79 Å². The van der Waals surface area contributed by atoms with E-state index in [1.807, 2.05) is 32.9 Å². The van der Waals surface area contributed by atoms with Gasteiger partial charge in [0.15, 0.2) is 0 Å². The molecular formula is C21H20N4O2. The Bertz CT molecular complexity index is 1070. The SMILES string of the molecule is C#Cc1ccc(Nc2nc(Oc3c(C)cc(C)cc3C)nn(C)c2=O)cc1. The fourth-order valence-electron chi connectivity index (χ4n) is 2.82. The van der Waals surface area contributed by atoms with Crippen LogP contribution in [0.25, 0.3) is 0 Å². The van der Waals surface area contributed by atoms with E-state index in [0.717, 1.165) is 22.3 Å². The van der Waals surface area contributed by atoms with E-state index in [0.29, 0.717) is 11.4 Å². The van der Waals surface area contributed by atoms with Gasteiger partial charge in [0.25, 0.3) is 0 Å². The fraction of sp³-hybridized carbons (Fsp3) is 0.190. The molecule has 6 nitrogen and oxygen atoms in total. The molecule has 136 valence electrons. The Morgan fingerprint density at radius 2 is 1.74 bits per heavy atom. The Kier molecular flexibility index (Phi) is 4.95. The first-order valence-corrected chi connectivity index (χ1v) is 8.42. The highest BCUT2D eigenvalue weighted by Crippen LogP contribution is 2.28. The molecule has 27 heavy (non-hydrogen) atoms. The third-order valence-corrected chi connectivity index (χ3v) is 4.05. The van der Waals surface area contributed by atoms with Crippen LogP contribution in [0.4, 0.5) is 11.5 Å². The summed E-state index contributed by atoms with van der Waals surface area (Å²) in [5, 5.41) is 7.10. The van der Waals surface area contributed by atoms with Gasteiger partial charge >= 0.3 is 11.6 Å². The zero-order valence-electron chi connectivity index (χ0n) is 15.7. The van der Waals surface area contributed by atoms with Crippen molar-refractivity contribution in [2.24, 2.45) is 7.05 Å². The van der Waals surface area contributed by atoms with Crippen molar-refractivity contribution < 1.29 is 4.74 Å². The molecule has 0 fully saturated rings. The lowest BCUT2D eigenvalue weighted by atomic mass is 10.1. The first-order valence-electron chi connectivity index (χ1n) is 8.42. The smallest absolute Gasteiger partial charge is 0.341 e. The van der Waals surface area contributed by atoms with Crippen LogP contribution in [0.3, 0.4) is 0 Å². The summed E-state index contributed by atoms with van der Waals surface area (Å²) in [6.07, 6.45) is 5.36. The molecular weight excluding hydrogens is 340 g/mol. The second-order valence-corrected chi connectivity index (χ2v) is 6.35. The van der Waals surface area contributed by atoms with Crippen molar-refractivity contribution in [3.63, 3.8) is 0 Å². The Morgan fingerprint density at radius 1 is 1.11 bits per heavy atom. The maximum absolute atomic E-state index is 12.4. The van der Waals surface area contributed by atoms with Gasteiger partial charge in [0, 0.05) is 18.3 Å². The van der Waals surface area contributed by atoms with Crippen LogP contribution in [0.1, 0.15) is 22.3 Å². The maximum atomic E-state index is 12.4. The largest absolute Gasteiger partial charge is 0.423 e. The van der Waals surface area contributed by atoms with Crippen molar-refractivity contribution in [3.05, 3.63) is 69.0 Å². The maximum Gasteiger partial charge on any atom is 0.341 e. The molecule has 0 saturated heterocycles. The van der Waals surface area contributed by atoms with Crippen LogP contribution in [-0.4, -0.2) is 14.8 Å². The molecule has 0 aliphatic heterocycles. The van der Waals surface area contributed by atoms with Crippen molar-refractivity contribution in [3.8, 4) is 24.1 Å². The van der Waals surface area contributed by atoms with Crippen molar-refractivity contribution in [1.82, 2.24) is 14.8 Å². The Labute approximate surface area is 157 Å². The molecule has 1 N–H and O–H groups in total. The van der Waals surface area contributed by atoms with Crippen LogP contribution in [0.5, 0.6) is 11.8 Å². The molecule has 1 aromatic heterocycles. The van der Waals surface area contributed by atoms with E-state index in [-0.39, 0.29) is 17.4 Å². The number of aromatic nitrogens is 3. The summed E-state index contributed by atoms with van der Waals surface area (Å²) in [5.41, 5.74) is 4.19. The molecule has 3 aromatic rings. The Hall–Kier alpha value is -3.59. The molecule has 0 unspecified atom stereocenters. The zero-order chi connectivity index (χ0) is 19.6.